The van der Waals surface area contributed by atoms with E-state index < -0.39 is 0 Å². The van der Waals surface area contributed by atoms with Crippen LogP contribution in [0.4, 0.5) is 0 Å². The molecule has 0 heterocycles. The van der Waals surface area contributed by atoms with E-state index in [1.54, 1.807) is 12.2 Å². The van der Waals surface area contributed by atoms with E-state index in [4.69, 9.17) is 0 Å². The first-order valence-corrected chi connectivity index (χ1v) is 3.14. The first-order valence-electron chi connectivity index (χ1n) is 3.14. The average molecular weight is 132 g/mol. The van der Waals surface area contributed by atoms with Gasteiger partial charge in [-0.15, -0.1) is 5.73 Å². The van der Waals surface area contributed by atoms with E-state index in [0.717, 1.165) is 5.57 Å². The Hall–Kier alpha value is -1.26. The molecule has 0 aromatic rings. The summed E-state index contributed by atoms with van der Waals surface area (Å²) in [7, 11) is 0. The second kappa shape index (κ2) is 5.87. The Morgan fingerprint density at radius 2 is 2.00 bits per heavy atom. The predicted octanol–water partition coefficient (Wildman–Crippen LogP) is 3.02. The van der Waals surface area contributed by atoms with Gasteiger partial charge in [0.1, 0.15) is 0 Å². The maximum atomic E-state index is 3.60. The molecule has 0 heteroatoms. The summed E-state index contributed by atoms with van der Waals surface area (Å²) in [5.74, 6) is 0. The molecule has 0 aliphatic heterocycles. The van der Waals surface area contributed by atoms with Crippen molar-refractivity contribution in [1.29, 1.82) is 0 Å². The van der Waals surface area contributed by atoms with Crippen LogP contribution in [0, 0.1) is 0 Å². The van der Waals surface area contributed by atoms with Crippen molar-refractivity contribution in [2.45, 2.75) is 6.92 Å². The van der Waals surface area contributed by atoms with Crippen molar-refractivity contribution >= 4 is 0 Å². The molecule has 10 heavy (non-hydrogen) atoms. The molecule has 0 N–H and O–H groups in total. The zero-order chi connectivity index (χ0) is 7.82. The summed E-state index contributed by atoms with van der Waals surface area (Å²) < 4.78 is 0. The third-order valence-electron chi connectivity index (χ3n) is 0.961. The van der Waals surface area contributed by atoms with Crippen LogP contribution in [-0.4, -0.2) is 0 Å². The molecule has 0 rings (SSSR count). The van der Waals surface area contributed by atoms with Crippen LogP contribution in [0.2, 0.25) is 0 Å². The Bertz CT molecular complexity index is 198. The smallest absolute Gasteiger partial charge is 0.00973 e. The largest absolute Gasteiger partial charge is 0.118 e. The molecule has 0 aromatic heterocycles. The van der Waals surface area contributed by atoms with Gasteiger partial charge >= 0.3 is 0 Å². The van der Waals surface area contributed by atoms with Crippen molar-refractivity contribution < 1.29 is 0 Å². The average Bonchev–Trinajstić information content (AvgIpc) is 1.98. The quantitative estimate of drug-likeness (QED) is 0.409. The van der Waals surface area contributed by atoms with Gasteiger partial charge in [0, 0.05) is 0 Å². The molecule has 0 aliphatic carbocycles. The maximum Gasteiger partial charge on any atom is -0.00973 e. The summed E-state index contributed by atoms with van der Waals surface area (Å²) in [5, 5.41) is 0. The molecule has 0 fully saturated rings. The molecule has 0 aliphatic rings. The molecule has 0 spiro atoms. The van der Waals surface area contributed by atoms with Crippen molar-refractivity contribution in [2.24, 2.45) is 0 Å². The summed E-state index contributed by atoms with van der Waals surface area (Å²) in [5.41, 5.74) is 4.04. The Morgan fingerprint density at radius 3 is 2.50 bits per heavy atom. The highest BCUT2D eigenvalue weighted by molar-refractivity contribution is 5.16. The van der Waals surface area contributed by atoms with Gasteiger partial charge in [0.15, 0.2) is 0 Å². The normalized spacial score (nSPS) is 8.50. The topological polar surface area (TPSA) is 0 Å². The van der Waals surface area contributed by atoms with Crippen LogP contribution in [0.15, 0.2) is 54.8 Å². The Morgan fingerprint density at radius 1 is 1.30 bits per heavy atom. The predicted molar refractivity (Wildman–Crippen MR) is 46.8 cm³/mol. The second-order valence-corrected chi connectivity index (χ2v) is 1.82. The summed E-state index contributed by atoms with van der Waals surface area (Å²) >= 11 is 0. The van der Waals surface area contributed by atoms with Crippen LogP contribution in [-0.2, 0) is 0 Å². The van der Waals surface area contributed by atoms with Crippen LogP contribution in [0.3, 0.4) is 0 Å². The molecule has 0 amide bonds. The first kappa shape index (κ1) is 8.74. The van der Waals surface area contributed by atoms with Gasteiger partial charge in [-0.05, 0) is 18.6 Å². The van der Waals surface area contributed by atoms with Crippen molar-refractivity contribution in [3.63, 3.8) is 0 Å². The summed E-state index contributed by atoms with van der Waals surface area (Å²) in [6, 6.07) is 0. The number of hydrogen-bond acceptors (Lipinski definition) is 0. The third kappa shape index (κ3) is 4.89. The first-order chi connectivity index (χ1) is 4.81. The minimum atomic E-state index is 1.04. The van der Waals surface area contributed by atoms with E-state index in [9.17, 15) is 0 Å². The van der Waals surface area contributed by atoms with Gasteiger partial charge in [0.05, 0.1) is 0 Å². The van der Waals surface area contributed by atoms with Crippen LogP contribution < -0.4 is 0 Å². The number of allylic oxidation sites excluding steroid dienone is 5. The standard InChI is InChI=1S/C10H12/c1-4-6-7-8-9-10(3)5-2/h4-8H,1-2H2,3H3/b7-6+. The zero-order valence-electron chi connectivity index (χ0n) is 6.30. The molecule has 0 unspecified atom stereocenters. The number of rotatable bonds is 3. The monoisotopic (exact) mass is 132 g/mol. The summed E-state index contributed by atoms with van der Waals surface area (Å²) in [6.45, 7) is 9.08. The van der Waals surface area contributed by atoms with E-state index in [-0.39, 0.29) is 0 Å². The van der Waals surface area contributed by atoms with Crippen molar-refractivity contribution in [3.05, 3.63) is 54.8 Å². The van der Waals surface area contributed by atoms with Gasteiger partial charge in [-0.25, -0.2) is 0 Å². The van der Waals surface area contributed by atoms with Gasteiger partial charge < -0.3 is 0 Å². The molecule has 0 nitrogen and oxygen atoms in total. The zero-order valence-corrected chi connectivity index (χ0v) is 6.30. The lowest BCUT2D eigenvalue weighted by molar-refractivity contribution is 1.56. The molecule has 0 bridgehead atoms. The minimum Gasteiger partial charge on any atom is -0.118 e. The van der Waals surface area contributed by atoms with Crippen molar-refractivity contribution in [3.8, 4) is 0 Å². The lowest BCUT2D eigenvalue weighted by Crippen LogP contribution is -1.56. The van der Waals surface area contributed by atoms with Crippen LogP contribution in [0.1, 0.15) is 6.92 Å². The van der Waals surface area contributed by atoms with E-state index in [0.29, 0.717) is 0 Å². The highest BCUT2D eigenvalue weighted by atomic mass is 13.7. The van der Waals surface area contributed by atoms with Gasteiger partial charge in [-0.3, -0.25) is 0 Å². The van der Waals surface area contributed by atoms with Crippen LogP contribution in [0.5, 0.6) is 0 Å². The third-order valence-corrected chi connectivity index (χ3v) is 0.961. The summed E-state index contributed by atoms with van der Waals surface area (Å²) in [6.07, 6.45) is 9.04. The minimum absolute atomic E-state index is 1.04. The van der Waals surface area contributed by atoms with Gasteiger partial charge in [0.25, 0.3) is 0 Å². The van der Waals surface area contributed by atoms with E-state index in [1.165, 1.54) is 0 Å². The fourth-order valence-electron chi connectivity index (χ4n) is 0.373. The molecule has 52 valence electrons. The SMILES string of the molecule is C=C/C=C/C=C=C(C)C=C. The van der Waals surface area contributed by atoms with E-state index >= 15 is 0 Å². The fourth-order valence-corrected chi connectivity index (χ4v) is 0.373. The molecule has 0 radical (unpaired) electrons. The van der Waals surface area contributed by atoms with Crippen LogP contribution >= 0.6 is 0 Å². The van der Waals surface area contributed by atoms with Gasteiger partial charge in [0.2, 0.25) is 0 Å². The number of hydrogen-bond donors (Lipinski definition) is 0. The molecular weight excluding hydrogens is 120 g/mol. The van der Waals surface area contributed by atoms with Gasteiger partial charge in [-0.1, -0.05) is 37.5 Å². The second-order valence-electron chi connectivity index (χ2n) is 1.82. The van der Waals surface area contributed by atoms with Crippen molar-refractivity contribution in [1.82, 2.24) is 0 Å². The van der Waals surface area contributed by atoms with E-state index in [2.05, 4.69) is 18.9 Å². The van der Waals surface area contributed by atoms with Crippen molar-refractivity contribution in [2.75, 3.05) is 0 Å². The Labute approximate surface area is 62.6 Å². The maximum absolute atomic E-state index is 3.60. The van der Waals surface area contributed by atoms with Crippen LogP contribution in [0.25, 0.3) is 0 Å². The van der Waals surface area contributed by atoms with E-state index in [1.807, 2.05) is 25.2 Å². The molecular formula is C10H12. The molecule has 0 atom stereocenters. The Kier molecular flexibility index (Phi) is 5.13. The fraction of sp³-hybridized carbons (Fsp3) is 0.100. The molecule has 0 saturated heterocycles. The summed E-state index contributed by atoms with van der Waals surface area (Å²) in [4.78, 5) is 0. The highest BCUT2D eigenvalue weighted by Crippen LogP contribution is 1.87. The highest BCUT2D eigenvalue weighted by Gasteiger charge is 1.68. The van der Waals surface area contributed by atoms with Gasteiger partial charge in [-0.2, -0.15) is 0 Å². The molecule has 0 aromatic carbocycles. The lowest BCUT2D eigenvalue weighted by Gasteiger charge is -1.76. The Balaban J connectivity index is 4.08. The lowest BCUT2D eigenvalue weighted by atomic mass is 10.3. The molecule has 0 saturated carbocycles.